The van der Waals surface area contributed by atoms with Crippen molar-refractivity contribution in [3.8, 4) is 11.3 Å². The van der Waals surface area contributed by atoms with Gasteiger partial charge in [-0.3, -0.25) is 4.79 Å². The van der Waals surface area contributed by atoms with Crippen molar-refractivity contribution in [3.05, 3.63) is 60.2 Å². The van der Waals surface area contributed by atoms with Crippen molar-refractivity contribution in [1.82, 2.24) is 14.5 Å². The zero-order chi connectivity index (χ0) is 22.2. The van der Waals surface area contributed by atoms with E-state index >= 15 is 0 Å². The second-order valence-corrected chi connectivity index (χ2v) is 8.89. The smallest absolute Gasteiger partial charge is 0.334 e. The van der Waals surface area contributed by atoms with Crippen molar-refractivity contribution >= 4 is 21.4 Å². The topological polar surface area (TPSA) is 93.9 Å². The van der Waals surface area contributed by atoms with Gasteiger partial charge in [0.25, 0.3) is 15.7 Å². The number of amides is 1. The van der Waals surface area contributed by atoms with E-state index in [9.17, 15) is 26.4 Å². The Balaban J connectivity index is 1.56. The molecule has 0 aliphatic carbocycles. The van der Waals surface area contributed by atoms with Crippen LogP contribution < -0.4 is 5.32 Å². The fourth-order valence-corrected chi connectivity index (χ4v) is 4.23. The highest BCUT2D eigenvalue weighted by Gasteiger charge is 2.49. The number of sulfone groups is 1. The van der Waals surface area contributed by atoms with Crippen LogP contribution in [-0.4, -0.2) is 34.4 Å². The number of nitrogens with one attached hydrogen (secondary N) is 1. The van der Waals surface area contributed by atoms with E-state index in [1.807, 2.05) is 6.20 Å². The van der Waals surface area contributed by atoms with Gasteiger partial charge >= 0.3 is 5.51 Å². The van der Waals surface area contributed by atoms with Crippen LogP contribution >= 0.6 is 0 Å². The van der Waals surface area contributed by atoms with Gasteiger partial charge in [0.2, 0.25) is 0 Å². The van der Waals surface area contributed by atoms with Crippen LogP contribution in [0, 0.1) is 0 Å². The van der Waals surface area contributed by atoms with Crippen molar-refractivity contribution in [3.63, 3.8) is 0 Å². The van der Waals surface area contributed by atoms with E-state index in [1.165, 1.54) is 6.07 Å². The lowest BCUT2D eigenvalue weighted by Gasteiger charge is -2.12. The molecule has 0 saturated heterocycles. The zero-order valence-electron chi connectivity index (χ0n) is 16.1. The minimum atomic E-state index is -5.77. The third-order valence-electron chi connectivity index (χ3n) is 4.92. The highest BCUT2D eigenvalue weighted by Crippen LogP contribution is 2.31. The van der Waals surface area contributed by atoms with Gasteiger partial charge in [0.15, 0.2) is 5.03 Å². The second kappa shape index (κ2) is 7.80. The van der Waals surface area contributed by atoms with E-state index in [1.54, 1.807) is 24.3 Å². The first-order valence-electron chi connectivity index (χ1n) is 9.41. The van der Waals surface area contributed by atoms with Gasteiger partial charge in [-0.2, -0.15) is 13.2 Å². The first-order chi connectivity index (χ1) is 14.7. The molecule has 0 spiro atoms. The molecule has 11 heteroatoms. The number of halogens is 3. The number of aromatic nitrogens is 3. The molecule has 0 unspecified atom stereocenters. The van der Waals surface area contributed by atoms with Crippen molar-refractivity contribution < 1.29 is 26.4 Å². The Morgan fingerprint density at radius 1 is 1.10 bits per heavy atom. The molecular formula is C20H17F3N4O3S. The summed E-state index contributed by atoms with van der Waals surface area (Å²) in [7, 11) is -5.77. The average Bonchev–Trinajstić information content (AvgIpc) is 3.17. The summed E-state index contributed by atoms with van der Waals surface area (Å²) in [5.74, 6) is 0.00902. The SMILES string of the molecule is O=C(Nc1ccc(-c2cn3c(n2)CCCC3)cc1)c1cccnc1S(=O)(=O)C(F)(F)F. The van der Waals surface area contributed by atoms with E-state index in [4.69, 9.17) is 0 Å². The summed E-state index contributed by atoms with van der Waals surface area (Å²) in [4.78, 5) is 20.4. The second-order valence-electron chi connectivity index (χ2n) is 7.03. The Morgan fingerprint density at radius 3 is 2.52 bits per heavy atom. The summed E-state index contributed by atoms with van der Waals surface area (Å²) in [5, 5.41) is 1.08. The lowest BCUT2D eigenvalue weighted by atomic mass is 10.1. The Hall–Kier alpha value is -3.21. The van der Waals surface area contributed by atoms with Crippen LogP contribution in [0.2, 0.25) is 0 Å². The maximum absolute atomic E-state index is 12.9. The molecule has 31 heavy (non-hydrogen) atoms. The van der Waals surface area contributed by atoms with Crippen LogP contribution in [-0.2, 0) is 22.8 Å². The number of anilines is 1. The quantitative estimate of drug-likeness (QED) is 0.652. The number of pyridine rings is 1. The number of hydrogen-bond donors (Lipinski definition) is 1. The third-order valence-corrected chi connectivity index (χ3v) is 6.37. The average molecular weight is 450 g/mol. The molecule has 0 bridgehead atoms. The van der Waals surface area contributed by atoms with Gasteiger partial charge in [0.1, 0.15) is 5.82 Å². The van der Waals surface area contributed by atoms with Crippen LogP contribution in [0.1, 0.15) is 29.0 Å². The van der Waals surface area contributed by atoms with Gasteiger partial charge in [0, 0.05) is 36.6 Å². The van der Waals surface area contributed by atoms with Crippen molar-refractivity contribution in [2.24, 2.45) is 0 Å². The lowest BCUT2D eigenvalue weighted by Crippen LogP contribution is -2.27. The molecule has 3 heterocycles. The molecule has 1 amide bonds. The highest BCUT2D eigenvalue weighted by molar-refractivity contribution is 7.92. The predicted molar refractivity (Wildman–Crippen MR) is 106 cm³/mol. The number of benzene rings is 1. The summed E-state index contributed by atoms with van der Waals surface area (Å²) in [6.45, 7) is 0.921. The summed E-state index contributed by atoms with van der Waals surface area (Å²) >= 11 is 0. The number of nitrogens with zero attached hydrogens (tertiary/aromatic N) is 3. The molecule has 0 fully saturated rings. The van der Waals surface area contributed by atoms with Gasteiger partial charge in [-0.15, -0.1) is 0 Å². The minimum absolute atomic E-state index is 0.289. The molecule has 162 valence electrons. The van der Waals surface area contributed by atoms with Crippen LogP contribution in [0.5, 0.6) is 0 Å². The van der Waals surface area contributed by atoms with Crippen LogP contribution in [0.15, 0.2) is 53.8 Å². The Labute approximate surface area is 175 Å². The molecule has 1 aliphatic heterocycles. The summed E-state index contributed by atoms with van der Waals surface area (Å²) in [5.41, 5.74) is -4.35. The van der Waals surface area contributed by atoms with E-state index < -0.39 is 31.8 Å². The molecule has 0 radical (unpaired) electrons. The largest absolute Gasteiger partial charge is 0.503 e. The van der Waals surface area contributed by atoms with Crippen LogP contribution in [0.3, 0.4) is 0 Å². The van der Waals surface area contributed by atoms with E-state index in [-0.39, 0.29) is 5.69 Å². The van der Waals surface area contributed by atoms with E-state index in [2.05, 4.69) is 19.9 Å². The number of fused-ring (bicyclic) bond motifs is 1. The number of carbonyl (C=O) groups is 1. The standard InChI is InChI=1S/C20H17F3N4O3S/c21-20(22,23)31(29,30)19-15(4-3-10-24-19)18(28)25-14-8-6-13(7-9-14)16-12-27-11-2-1-5-17(27)26-16/h3-4,6-10,12H,1-2,5,11H2,(H,25,28). The first kappa shape index (κ1) is 21.0. The maximum Gasteiger partial charge on any atom is 0.503 e. The number of imidazole rings is 1. The van der Waals surface area contributed by atoms with Crippen molar-refractivity contribution in [2.45, 2.75) is 36.3 Å². The van der Waals surface area contributed by atoms with Crippen LogP contribution in [0.25, 0.3) is 11.3 Å². The molecule has 2 aromatic heterocycles. The van der Waals surface area contributed by atoms with Gasteiger partial charge < -0.3 is 9.88 Å². The van der Waals surface area contributed by atoms with E-state index in [0.29, 0.717) is 0 Å². The third kappa shape index (κ3) is 4.05. The van der Waals surface area contributed by atoms with E-state index in [0.717, 1.165) is 55.2 Å². The van der Waals surface area contributed by atoms with Crippen LogP contribution in [0.4, 0.5) is 18.9 Å². The number of alkyl halides is 3. The first-order valence-corrected chi connectivity index (χ1v) is 10.9. The van der Waals surface area contributed by atoms with Gasteiger partial charge in [-0.05, 0) is 37.1 Å². The molecule has 1 N–H and O–H groups in total. The Kier molecular flexibility index (Phi) is 5.29. The Bertz CT molecular complexity index is 1210. The number of aryl methyl sites for hydroxylation is 2. The lowest BCUT2D eigenvalue weighted by molar-refractivity contribution is -0.0438. The van der Waals surface area contributed by atoms with Gasteiger partial charge in [-0.1, -0.05) is 12.1 Å². The maximum atomic E-state index is 12.9. The van der Waals surface area contributed by atoms with Crippen molar-refractivity contribution in [2.75, 3.05) is 5.32 Å². The fraction of sp³-hybridized carbons (Fsp3) is 0.250. The molecule has 1 aliphatic rings. The van der Waals surface area contributed by atoms with Crippen molar-refractivity contribution in [1.29, 1.82) is 0 Å². The monoisotopic (exact) mass is 450 g/mol. The molecule has 7 nitrogen and oxygen atoms in total. The fourth-order valence-electron chi connectivity index (χ4n) is 3.36. The molecule has 3 aromatic rings. The number of carbonyl (C=O) groups excluding carboxylic acids is 1. The summed E-state index contributed by atoms with van der Waals surface area (Å²) < 4.78 is 64.3. The Morgan fingerprint density at radius 2 is 1.84 bits per heavy atom. The zero-order valence-corrected chi connectivity index (χ0v) is 16.9. The molecule has 1 aromatic carbocycles. The highest BCUT2D eigenvalue weighted by atomic mass is 32.2. The normalized spacial score (nSPS) is 14.2. The molecular weight excluding hydrogens is 433 g/mol. The molecule has 4 rings (SSSR count). The summed E-state index contributed by atoms with van der Waals surface area (Å²) in [6, 6.07) is 8.75. The number of rotatable bonds is 4. The number of hydrogen-bond acceptors (Lipinski definition) is 5. The minimum Gasteiger partial charge on any atom is -0.334 e. The molecule has 0 saturated carbocycles. The van der Waals surface area contributed by atoms with Gasteiger partial charge in [-0.25, -0.2) is 18.4 Å². The summed E-state index contributed by atoms with van der Waals surface area (Å²) in [6.07, 6.45) is 5.97. The molecule has 0 atom stereocenters. The van der Waals surface area contributed by atoms with Gasteiger partial charge in [0.05, 0.1) is 11.3 Å². The predicted octanol–water partition coefficient (Wildman–Crippen LogP) is 3.83.